The van der Waals surface area contributed by atoms with Gasteiger partial charge >= 0.3 is 0 Å². The molecule has 2 aromatic heterocycles. The summed E-state index contributed by atoms with van der Waals surface area (Å²) < 4.78 is 11.8. The number of nitrogens with zero attached hydrogens (tertiary/aromatic N) is 5. The first-order chi connectivity index (χ1) is 14.1. The first-order valence-corrected chi connectivity index (χ1v) is 9.95. The monoisotopic (exact) mass is 398 g/mol. The molecule has 0 amide bonds. The molecule has 1 aliphatic heterocycles. The van der Waals surface area contributed by atoms with Crippen LogP contribution >= 0.6 is 0 Å². The van der Waals surface area contributed by atoms with Crippen molar-refractivity contribution in [3.05, 3.63) is 42.5 Å². The summed E-state index contributed by atoms with van der Waals surface area (Å²) in [5.74, 6) is 2.07. The van der Waals surface area contributed by atoms with Gasteiger partial charge in [0.25, 0.3) is 5.88 Å². The van der Waals surface area contributed by atoms with Crippen molar-refractivity contribution >= 4 is 11.9 Å². The Morgan fingerprint density at radius 2 is 2.00 bits per heavy atom. The Morgan fingerprint density at radius 3 is 2.83 bits per heavy atom. The van der Waals surface area contributed by atoms with E-state index < -0.39 is 0 Å². The molecule has 1 aliphatic rings. The van der Waals surface area contributed by atoms with Crippen LogP contribution in [-0.2, 0) is 0 Å². The van der Waals surface area contributed by atoms with E-state index in [-0.39, 0.29) is 0 Å². The maximum Gasteiger partial charge on any atom is 0.257 e. The summed E-state index contributed by atoms with van der Waals surface area (Å²) in [5.41, 5.74) is 0.809. The maximum absolute atomic E-state index is 5.91. The van der Waals surface area contributed by atoms with Crippen molar-refractivity contribution < 1.29 is 9.47 Å². The van der Waals surface area contributed by atoms with Gasteiger partial charge in [-0.05, 0) is 39.2 Å². The zero-order valence-electron chi connectivity index (χ0n) is 17.4. The van der Waals surface area contributed by atoms with Gasteiger partial charge in [-0.25, -0.2) is 9.97 Å². The van der Waals surface area contributed by atoms with Crippen LogP contribution in [0.5, 0.6) is 11.6 Å². The van der Waals surface area contributed by atoms with E-state index in [1.54, 1.807) is 18.6 Å². The fourth-order valence-electron chi connectivity index (χ4n) is 3.09. The van der Waals surface area contributed by atoms with E-state index in [1.165, 1.54) is 0 Å². The average Bonchev–Trinajstić information content (AvgIpc) is 2.73. The lowest BCUT2D eigenvalue weighted by molar-refractivity contribution is 0.210. The highest BCUT2D eigenvalue weighted by molar-refractivity contribution is 5.52. The molecule has 1 atom stereocenters. The highest BCUT2D eigenvalue weighted by atomic mass is 16.5. The third-order valence-corrected chi connectivity index (χ3v) is 4.55. The molecule has 29 heavy (non-hydrogen) atoms. The van der Waals surface area contributed by atoms with Crippen LogP contribution in [-0.4, -0.2) is 79.4 Å². The lowest BCUT2D eigenvalue weighted by atomic mass is 10.2. The first kappa shape index (κ1) is 21.0. The van der Waals surface area contributed by atoms with Gasteiger partial charge in [-0.15, -0.1) is 0 Å². The normalized spacial score (nSPS) is 17.1. The summed E-state index contributed by atoms with van der Waals surface area (Å²) in [7, 11) is 4.05. The number of hydrogen-bond acceptors (Lipinski definition) is 8. The van der Waals surface area contributed by atoms with Crippen LogP contribution in [0, 0.1) is 0 Å². The van der Waals surface area contributed by atoms with Crippen LogP contribution in [0.25, 0.3) is 6.08 Å². The van der Waals surface area contributed by atoms with Crippen LogP contribution in [0.1, 0.15) is 12.6 Å². The van der Waals surface area contributed by atoms with Gasteiger partial charge in [0.15, 0.2) is 5.82 Å². The Kier molecular flexibility index (Phi) is 7.77. The fourth-order valence-corrected chi connectivity index (χ4v) is 3.09. The quantitative estimate of drug-likeness (QED) is 0.640. The van der Waals surface area contributed by atoms with E-state index in [9.17, 15) is 0 Å². The zero-order chi connectivity index (χ0) is 20.5. The molecule has 8 heteroatoms. The van der Waals surface area contributed by atoms with E-state index in [4.69, 9.17) is 9.47 Å². The lowest BCUT2D eigenvalue weighted by Crippen LogP contribution is -2.50. The number of ether oxygens (including phenoxy) is 2. The van der Waals surface area contributed by atoms with Gasteiger partial charge < -0.3 is 24.6 Å². The maximum atomic E-state index is 5.91. The molecule has 1 saturated heterocycles. The number of rotatable bonds is 9. The number of nitrogens with one attached hydrogen (secondary N) is 1. The summed E-state index contributed by atoms with van der Waals surface area (Å²) in [5, 5.41) is 3.39. The summed E-state index contributed by atoms with van der Waals surface area (Å²) in [6.07, 6.45) is 9.16. The van der Waals surface area contributed by atoms with Crippen LogP contribution in [0.2, 0.25) is 0 Å². The Labute approximate surface area is 172 Å². The summed E-state index contributed by atoms with van der Waals surface area (Å²) in [6, 6.07) is 4.12. The summed E-state index contributed by atoms with van der Waals surface area (Å²) >= 11 is 0. The third-order valence-electron chi connectivity index (χ3n) is 4.55. The fraction of sp³-hybridized carbons (Fsp3) is 0.476. The number of piperazine rings is 1. The molecule has 2 aromatic rings. The molecule has 0 aliphatic carbocycles. The van der Waals surface area contributed by atoms with Gasteiger partial charge in [0.2, 0.25) is 0 Å². The van der Waals surface area contributed by atoms with Gasteiger partial charge in [0, 0.05) is 50.8 Å². The van der Waals surface area contributed by atoms with Gasteiger partial charge in [0.05, 0.1) is 0 Å². The largest absolute Gasteiger partial charge is 0.488 e. The number of likely N-dealkylation sites (N-methyl/N-ethyl adjacent to an activating group) is 1. The third kappa shape index (κ3) is 6.13. The molecule has 0 radical (unpaired) electrons. The molecule has 3 rings (SSSR count). The second-order valence-electron chi connectivity index (χ2n) is 7.18. The molecule has 156 valence electrons. The van der Waals surface area contributed by atoms with Crippen LogP contribution in [0.4, 0.5) is 5.82 Å². The molecule has 3 heterocycles. The molecule has 1 fully saturated rings. The van der Waals surface area contributed by atoms with Crippen molar-refractivity contribution in [3.63, 3.8) is 0 Å². The second-order valence-corrected chi connectivity index (χ2v) is 7.18. The Balaban J connectivity index is 1.56. The summed E-state index contributed by atoms with van der Waals surface area (Å²) in [6.45, 7) is 6.51. The van der Waals surface area contributed by atoms with E-state index in [0.717, 1.165) is 43.4 Å². The van der Waals surface area contributed by atoms with E-state index in [2.05, 4.69) is 43.1 Å². The molecule has 1 N–H and O–H groups in total. The molecule has 0 bridgehead atoms. The SMILES string of the molecule is C[C@@H]1CNCCN1c1nccnc1OCCOc1cccnc1/C=C\CN(C)C. The van der Waals surface area contributed by atoms with Crippen molar-refractivity contribution in [1.29, 1.82) is 0 Å². The zero-order valence-corrected chi connectivity index (χ0v) is 17.4. The lowest BCUT2D eigenvalue weighted by Gasteiger charge is -2.35. The second kappa shape index (κ2) is 10.7. The smallest absolute Gasteiger partial charge is 0.257 e. The molecule has 8 nitrogen and oxygen atoms in total. The predicted molar refractivity (Wildman–Crippen MR) is 115 cm³/mol. The van der Waals surface area contributed by atoms with Gasteiger partial charge in [-0.3, -0.25) is 4.98 Å². The minimum absolute atomic E-state index is 0.339. The van der Waals surface area contributed by atoms with Gasteiger partial charge in [0.1, 0.15) is 24.7 Å². The molecule has 0 saturated carbocycles. The van der Waals surface area contributed by atoms with Gasteiger partial charge in [-0.1, -0.05) is 6.08 Å². The Hall–Kier alpha value is -2.71. The number of aromatic nitrogens is 3. The molecule has 0 aromatic carbocycles. The van der Waals surface area contributed by atoms with Crippen LogP contribution < -0.4 is 19.7 Å². The van der Waals surface area contributed by atoms with Crippen molar-refractivity contribution in [3.8, 4) is 11.6 Å². The van der Waals surface area contributed by atoms with Crippen molar-refractivity contribution in [2.75, 3.05) is 58.4 Å². The molecular weight excluding hydrogens is 368 g/mol. The minimum Gasteiger partial charge on any atom is -0.488 e. The number of hydrogen-bond donors (Lipinski definition) is 1. The molecular formula is C21H30N6O2. The minimum atomic E-state index is 0.339. The average molecular weight is 399 g/mol. The van der Waals surface area contributed by atoms with E-state index >= 15 is 0 Å². The topological polar surface area (TPSA) is 75.6 Å². The summed E-state index contributed by atoms with van der Waals surface area (Å²) in [4.78, 5) is 17.6. The van der Waals surface area contributed by atoms with Crippen molar-refractivity contribution in [2.45, 2.75) is 13.0 Å². The first-order valence-electron chi connectivity index (χ1n) is 9.95. The predicted octanol–water partition coefficient (Wildman–Crippen LogP) is 1.70. The highest BCUT2D eigenvalue weighted by Crippen LogP contribution is 2.25. The van der Waals surface area contributed by atoms with E-state index in [0.29, 0.717) is 25.1 Å². The number of pyridine rings is 1. The molecule has 0 unspecified atom stereocenters. The van der Waals surface area contributed by atoms with Crippen molar-refractivity contribution in [1.82, 2.24) is 25.2 Å². The standard InChI is InChI=1S/C21H30N6O2/c1-17-16-22-11-13-27(17)20-21(25-10-9-24-20)29-15-14-28-19-7-4-8-23-18(19)6-5-12-26(2)3/h4-10,17,22H,11-16H2,1-3H3/b6-5-/t17-/m1/s1. The van der Waals surface area contributed by atoms with E-state index in [1.807, 2.05) is 32.3 Å². The van der Waals surface area contributed by atoms with Gasteiger partial charge in [-0.2, -0.15) is 0 Å². The van der Waals surface area contributed by atoms with Crippen LogP contribution in [0.3, 0.4) is 0 Å². The highest BCUT2D eigenvalue weighted by Gasteiger charge is 2.23. The number of anilines is 1. The Bertz CT molecular complexity index is 798. The van der Waals surface area contributed by atoms with Crippen LogP contribution in [0.15, 0.2) is 36.8 Å². The van der Waals surface area contributed by atoms with Crippen molar-refractivity contribution in [2.24, 2.45) is 0 Å². The molecule has 0 spiro atoms. The Morgan fingerprint density at radius 1 is 1.17 bits per heavy atom.